The van der Waals surface area contributed by atoms with Crippen LogP contribution < -0.4 is 11.1 Å². The molecular weight excluding hydrogens is 342 g/mol. The van der Waals surface area contributed by atoms with Crippen LogP contribution in [-0.4, -0.2) is 16.7 Å². The van der Waals surface area contributed by atoms with E-state index in [0.29, 0.717) is 16.5 Å². The number of hydrogen-bond acceptors (Lipinski definition) is 5. The van der Waals surface area contributed by atoms with Crippen LogP contribution >= 0.6 is 11.3 Å². The first-order valence-corrected chi connectivity index (χ1v) is 8.69. The van der Waals surface area contributed by atoms with Crippen LogP contribution in [0, 0.1) is 16.0 Å². The summed E-state index contributed by atoms with van der Waals surface area (Å²) in [7, 11) is 0. The number of benzene rings is 1. The second-order valence-electron chi connectivity index (χ2n) is 6.15. The van der Waals surface area contributed by atoms with Crippen molar-refractivity contribution in [2.75, 3.05) is 5.32 Å². The molecule has 1 aromatic carbocycles. The molecule has 0 radical (unpaired) electrons. The van der Waals surface area contributed by atoms with Crippen LogP contribution in [0.4, 0.5) is 10.7 Å². The minimum atomic E-state index is -0.624. The van der Waals surface area contributed by atoms with E-state index >= 15 is 0 Å². The summed E-state index contributed by atoms with van der Waals surface area (Å²) in [4.78, 5) is 36.0. The average Bonchev–Trinajstić information content (AvgIpc) is 2.91. The lowest BCUT2D eigenvalue weighted by Gasteiger charge is -2.18. The molecule has 1 aliphatic carbocycles. The van der Waals surface area contributed by atoms with Crippen LogP contribution in [0.1, 0.15) is 44.5 Å². The van der Waals surface area contributed by atoms with Crippen molar-refractivity contribution in [1.82, 2.24) is 0 Å². The summed E-state index contributed by atoms with van der Waals surface area (Å²) in [5, 5.41) is 14.1. The molecule has 2 amide bonds. The first-order valence-electron chi connectivity index (χ1n) is 7.87. The van der Waals surface area contributed by atoms with Crippen LogP contribution in [0.15, 0.2) is 24.3 Å². The van der Waals surface area contributed by atoms with Gasteiger partial charge < -0.3 is 11.1 Å². The molecule has 3 rings (SSSR count). The van der Waals surface area contributed by atoms with Gasteiger partial charge in [-0.1, -0.05) is 19.1 Å². The van der Waals surface area contributed by atoms with Crippen molar-refractivity contribution in [2.45, 2.75) is 26.2 Å². The lowest BCUT2D eigenvalue weighted by molar-refractivity contribution is -0.385. The van der Waals surface area contributed by atoms with Gasteiger partial charge in [-0.25, -0.2) is 0 Å². The highest BCUT2D eigenvalue weighted by Gasteiger charge is 2.28. The number of fused-ring (bicyclic) bond motifs is 1. The van der Waals surface area contributed by atoms with Crippen LogP contribution in [0.3, 0.4) is 0 Å². The van der Waals surface area contributed by atoms with E-state index in [1.807, 2.05) is 0 Å². The number of nitro benzene ring substituents is 1. The van der Waals surface area contributed by atoms with Gasteiger partial charge in [-0.3, -0.25) is 19.7 Å². The molecule has 1 atom stereocenters. The predicted molar refractivity (Wildman–Crippen MR) is 95.1 cm³/mol. The van der Waals surface area contributed by atoms with Gasteiger partial charge in [0, 0.05) is 10.9 Å². The second kappa shape index (κ2) is 6.64. The molecule has 0 spiro atoms. The quantitative estimate of drug-likeness (QED) is 0.644. The maximum Gasteiger partial charge on any atom is 0.282 e. The molecule has 25 heavy (non-hydrogen) atoms. The maximum absolute atomic E-state index is 12.5. The molecule has 130 valence electrons. The zero-order valence-electron chi connectivity index (χ0n) is 13.6. The van der Waals surface area contributed by atoms with Gasteiger partial charge in [0.05, 0.1) is 10.5 Å². The highest BCUT2D eigenvalue weighted by molar-refractivity contribution is 7.17. The molecule has 0 aliphatic heterocycles. The number of nitro groups is 1. The van der Waals surface area contributed by atoms with Gasteiger partial charge in [0.1, 0.15) is 10.6 Å². The van der Waals surface area contributed by atoms with E-state index in [4.69, 9.17) is 5.73 Å². The number of carbonyl (C=O) groups is 2. The van der Waals surface area contributed by atoms with E-state index in [-0.39, 0.29) is 11.3 Å². The molecule has 0 fully saturated rings. The maximum atomic E-state index is 12.5. The molecule has 1 heterocycles. The monoisotopic (exact) mass is 359 g/mol. The summed E-state index contributed by atoms with van der Waals surface area (Å²) >= 11 is 1.33. The molecule has 8 heteroatoms. The number of anilines is 1. The zero-order valence-corrected chi connectivity index (χ0v) is 14.4. The van der Waals surface area contributed by atoms with E-state index in [1.165, 1.54) is 29.5 Å². The van der Waals surface area contributed by atoms with Gasteiger partial charge in [-0.05, 0) is 36.8 Å². The standard InChI is InChI=1S/C17H17N3O4S/c1-9-6-7-13-11(8-9)14(15(18)21)17(25-13)19-16(22)10-4-2-3-5-12(10)20(23)24/h2-5,9H,6-8H2,1H3,(H2,18,21)(H,19,22)/t9-/m1/s1. The number of primary amides is 1. The number of carbonyl (C=O) groups excluding carboxylic acids is 2. The Morgan fingerprint density at radius 3 is 2.76 bits per heavy atom. The molecule has 2 aromatic rings. The van der Waals surface area contributed by atoms with Gasteiger partial charge in [0.15, 0.2) is 0 Å². The summed E-state index contributed by atoms with van der Waals surface area (Å²) in [6.45, 7) is 2.11. The SMILES string of the molecule is C[C@@H]1CCc2sc(NC(=O)c3ccccc3[N+](=O)[O-])c(C(N)=O)c2C1. The highest BCUT2D eigenvalue weighted by atomic mass is 32.1. The Hall–Kier alpha value is -2.74. The van der Waals surface area contributed by atoms with Crippen molar-refractivity contribution >= 4 is 33.8 Å². The van der Waals surface area contributed by atoms with E-state index in [2.05, 4.69) is 12.2 Å². The smallest absolute Gasteiger partial charge is 0.282 e. The minimum Gasteiger partial charge on any atom is -0.365 e. The Balaban J connectivity index is 1.98. The third-order valence-electron chi connectivity index (χ3n) is 4.33. The summed E-state index contributed by atoms with van der Waals surface area (Å²) < 4.78 is 0. The summed E-state index contributed by atoms with van der Waals surface area (Å²) in [5.41, 5.74) is 6.42. The summed E-state index contributed by atoms with van der Waals surface area (Å²) in [6, 6.07) is 5.70. The lowest BCUT2D eigenvalue weighted by atomic mass is 9.87. The zero-order chi connectivity index (χ0) is 18.1. The number of thiophene rings is 1. The van der Waals surface area contributed by atoms with E-state index < -0.39 is 16.7 Å². The Labute approximate surface area is 148 Å². The first-order chi connectivity index (χ1) is 11.9. The topological polar surface area (TPSA) is 115 Å². The minimum absolute atomic E-state index is 0.0531. The molecular formula is C17H17N3O4S. The Morgan fingerprint density at radius 2 is 2.08 bits per heavy atom. The summed E-state index contributed by atoms with van der Waals surface area (Å²) in [5.74, 6) is -0.773. The number of nitrogens with zero attached hydrogens (tertiary/aromatic N) is 1. The first kappa shape index (κ1) is 17.1. The molecule has 0 unspecified atom stereocenters. The van der Waals surface area contributed by atoms with E-state index in [9.17, 15) is 19.7 Å². The molecule has 0 bridgehead atoms. The summed E-state index contributed by atoms with van der Waals surface area (Å²) in [6.07, 6.45) is 2.59. The van der Waals surface area contributed by atoms with Crippen molar-refractivity contribution in [3.8, 4) is 0 Å². The van der Waals surface area contributed by atoms with Gasteiger partial charge >= 0.3 is 0 Å². The van der Waals surface area contributed by atoms with E-state index in [0.717, 1.165) is 29.7 Å². The van der Waals surface area contributed by atoms with Crippen molar-refractivity contribution < 1.29 is 14.5 Å². The van der Waals surface area contributed by atoms with Gasteiger partial charge in [0.25, 0.3) is 17.5 Å². The van der Waals surface area contributed by atoms with Gasteiger partial charge in [-0.2, -0.15) is 0 Å². The van der Waals surface area contributed by atoms with Gasteiger partial charge in [-0.15, -0.1) is 11.3 Å². The number of nitrogens with one attached hydrogen (secondary N) is 1. The largest absolute Gasteiger partial charge is 0.365 e. The molecule has 1 aliphatic rings. The third-order valence-corrected chi connectivity index (χ3v) is 5.53. The fraction of sp³-hybridized carbons (Fsp3) is 0.294. The number of nitrogens with two attached hydrogens (primary N) is 1. The van der Waals surface area contributed by atoms with Crippen molar-refractivity contribution in [3.05, 3.63) is 55.9 Å². The Kier molecular flexibility index (Phi) is 4.54. The van der Waals surface area contributed by atoms with Crippen molar-refractivity contribution in [2.24, 2.45) is 11.7 Å². The Morgan fingerprint density at radius 1 is 1.36 bits per heavy atom. The number of hydrogen-bond donors (Lipinski definition) is 2. The number of rotatable bonds is 4. The average molecular weight is 359 g/mol. The molecule has 7 nitrogen and oxygen atoms in total. The van der Waals surface area contributed by atoms with Crippen molar-refractivity contribution in [3.63, 3.8) is 0 Å². The van der Waals surface area contributed by atoms with Crippen LogP contribution in [0.25, 0.3) is 0 Å². The van der Waals surface area contributed by atoms with Crippen LogP contribution in [0.5, 0.6) is 0 Å². The molecule has 3 N–H and O–H groups in total. The number of amides is 2. The lowest BCUT2D eigenvalue weighted by Crippen LogP contribution is -2.20. The normalized spacial score (nSPS) is 16.1. The fourth-order valence-electron chi connectivity index (χ4n) is 3.10. The molecule has 0 saturated heterocycles. The fourth-order valence-corrected chi connectivity index (χ4v) is 4.35. The van der Waals surface area contributed by atoms with Crippen LogP contribution in [-0.2, 0) is 12.8 Å². The van der Waals surface area contributed by atoms with Gasteiger partial charge in [0.2, 0.25) is 0 Å². The predicted octanol–water partition coefficient (Wildman–Crippen LogP) is 3.13. The Bertz CT molecular complexity index is 875. The van der Waals surface area contributed by atoms with Crippen LogP contribution in [0.2, 0.25) is 0 Å². The molecule has 0 saturated carbocycles. The third kappa shape index (κ3) is 3.25. The number of para-hydroxylation sites is 1. The van der Waals surface area contributed by atoms with E-state index in [1.54, 1.807) is 6.07 Å². The highest BCUT2D eigenvalue weighted by Crippen LogP contribution is 2.39. The second-order valence-corrected chi connectivity index (χ2v) is 7.25. The van der Waals surface area contributed by atoms with Crippen molar-refractivity contribution in [1.29, 1.82) is 0 Å². The number of aryl methyl sites for hydroxylation is 1. The molecule has 1 aromatic heterocycles.